The Morgan fingerprint density at radius 1 is 1.24 bits per heavy atom. The van der Waals surface area contributed by atoms with Crippen LogP contribution in [0.1, 0.15) is 19.8 Å². The summed E-state index contributed by atoms with van der Waals surface area (Å²) >= 11 is 0. The van der Waals surface area contributed by atoms with E-state index in [0.717, 1.165) is 18.5 Å². The van der Waals surface area contributed by atoms with Crippen LogP contribution in [0.15, 0.2) is 18.5 Å². The molecule has 12 nitrogen and oxygen atoms in total. The van der Waals surface area contributed by atoms with Crippen molar-refractivity contribution >= 4 is 44.3 Å². The summed E-state index contributed by atoms with van der Waals surface area (Å²) in [6, 6.07) is 0.661. The molecule has 1 aromatic carbocycles. The highest BCUT2D eigenvalue weighted by Crippen LogP contribution is 2.29. The van der Waals surface area contributed by atoms with E-state index in [4.69, 9.17) is 9.84 Å². The number of anilines is 3. The van der Waals surface area contributed by atoms with Gasteiger partial charge in [0.2, 0.25) is 15.9 Å². The number of hydrogen-bond acceptors (Lipinski definition) is 8. The number of aromatic nitrogens is 4. The first kappa shape index (κ1) is 24.1. The Bertz CT molecular complexity index is 1250. The highest BCUT2D eigenvalue weighted by atomic mass is 32.2. The molecule has 178 valence electrons. The number of aromatic amines is 1. The summed E-state index contributed by atoms with van der Waals surface area (Å²) in [5.41, 5.74) is -1.15. The van der Waals surface area contributed by atoms with Crippen LogP contribution in [0, 0.1) is 11.6 Å². The number of halogens is 2. The predicted molar refractivity (Wildman–Crippen MR) is 116 cm³/mol. The first-order valence-corrected chi connectivity index (χ1v) is 11.4. The number of nitrogens with one attached hydrogen (secondary N) is 4. The SMILES string of the molecule is CCCS(=O)(=O)Nc1ccc(F)c(NC(=O)Nc2ncnc3[nH]nc(OCCCO)c23)c1F. The molecule has 0 spiro atoms. The Hall–Kier alpha value is -3.59. The third kappa shape index (κ3) is 5.81. The number of fused-ring (bicyclic) bond motifs is 1. The molecule has 2 heterocycles. The number of urea groups is 1. The van der Waals surface area contributed by atoms with Crippen molar-refractivity contribution in [3.05, 3.63) is 30.1 Å². The van der Waals surface area contributed by atoms with Crippen LogP contribution in [0.4, 0.5) is 30.8 Å². The van der Waals surface area contributed by atoms with Crippen LogP contribution in [0.5, 0.6) is 5.88 Å². The van der Waals surface area contributed by atoms with Gasteiger partial charge in [-0.05, 0) is 18.6 Å². The maximum absolute atomic E-state index is 14.8. The normalized spacial score (nSPS) is 11.4. The number of aliphatic hydroxyl groups excluding tert-OH is 1. The molecule has 0 aliphatic heterocycles. The second kappa shape index (κ2) is 10.4. The van der Waals surface area contributed by atoms with Gasteiger partial charge < -0.3 is 15.2 Å². The van der Waals surface area contributed by atoms with Crippen molar-refractivity contribution in [3.8, 4) is 5.88 Å². The Morgan fingerprint density at radius 3 is 2.76 bits per heavy atom. The number of benzene rings is 1. The number of rotatable bonds is 10. The largest absolute Gasteiger partial charge is 0.476 e. The summed E-state index contributed by atoms with van der Waals surface area (Å²) in [5, 5.41) is 19.9. The highest BCUT2D eigenvalue weighted by molar-refractivity contribution is 7.92. The van der Waals surface area contributed by atoms with Crippen LogP contribution in [0.25, 0.3) is 11.0 Å². The van der Waals surface area contributed by atoms with E-state index >= 15 is 0 Å². The van der Waals surface area contributed by atoms with Crippen molar-refractivity contribution < 1.29 is 31.8 Å². The number of sulfonamides is 1. The standard InChI is InChI=1S/C18H21F2N7O5S/c1-2-8-33(30,31)27-11-5-4-10(19)14(13(11)20)23-18(29)24-15-12-16(22-9-21-15)25-26-17(12)32-7-3-6-28/h4-5,9,27-28H,2-3,6-8H2,1H3,(H3,21,22,23,24,25,26,29). The molecule has 0 saturated carbocycles. The predicted octanol–water partition coefficient (Wildman–Crippen LogP) is 2.19. The van der Waals surface area contributed by atoms with Crippen molar-refractivity contribution in [1.29, 1.82) is 0 Å². The van der Waals surface area contributed by atoms with Gasteiger partial charge in [-0.2, -0.15) is 0 Å². The van der Waals surface area contributed by atoms with E-state index in [1.54, 1.807) is 6.92 Å². The lowest BCUT2D eigenvalue weighted by atomic mass is 10.2. The highest BCUT2D eigenvalue weighted by Gasteiger charge is 2.21. The van der Waals surface area contributed by atoms with Gasteiger partial charge in [0.25, 0.3) is 0 Å². The molecular formula is C18H21F2N7O5S. The molecule has 33 heavy (non-hydrogen) atoms. The minimum atomic E-state index is -3.84. The van der Waals surface area contributed by atoms with Gasteiger partial charge in [-0.25, -0.2) is 32.0 Å². The summed E-state index contributed by atoms with van der Waals surface area (Å²) in [6.45, 7) is 1.66. The number of hydrogen-bond donors (Lipinski definition) is 5. The zero-order chi connectivity index (χ0) is 24.0. The van der Waals surface area contributed by atoms with Gasteiger partial charge in [0.05, 0.1) is 18.0 Å². The lowest BCUT2D eigenvalue weighted by molar-refractivity contribution is 0.230. The smallest absolute Gasteiger partial charge is 0.325 e. The van der Waals surface area contributed by atoms with E-state index < -0.39 is 39.1 Å². The second-order valence-corrected chi connectivity index (χ2v) is 8.53. The van der Waals surface area contributed by atoms with E-state index in [0.29, 0.717) is 12.8 Å². The van der Waals surface area contributed by atoms with Crippen LogP contribution < -0.4 is 20.1 Å². The van der Waals surface area contributed by atoms with Gasteiger partial charge in [-0.15, -0.1) is 5.10 Å². The van der Waals surface area contributed by atoms with Crippen molar-refractivity contribution in [3.63, 3.8) is 0 Å². The summed E-state index contributed by atoms with van der Waals surface area (Å²) in [7, 11) is -3.84. The number of carbonyl (C=O) groups is 1. The first-order chi connectivity index (χ1) is 15.8. The topological polar surface area (TPSA) is 171 Å². The zero-order valence-electron chi connectivity index (χ0n) is 17.4. The third-order valence-electron chi connectivity index (χ3n) is 4.17. The monoisotopic (exact) mass is 485 g/mol. The Morgan fingerprint density at radius 2 is 2.03 bits per heavy atom. The van der Waals surface area contributed by atoms with Gasteiger partial charge in [0.1, 0.15) is 23.2 Å². The van der Waals surface area contributed by atoms with Crippen molar-refractivity contribution in [2.24, 2.45) is 0 Å². The van der Waals surface area contributed by atoms with E-state index in [-0.39, 0.29) is 41.7 Å². The van der Waals surface area contributed by atoms with Crippen molar-refractivity contribution in [2.75, 3.05) is 34.3 Å². The fourth-order valence-corrected chi connectivity index (χ4v) is 3.88. The Kier molecular flexibility index (Phi) is 7.55. The number of amides is 2. The number of carbonyl (C=O) groups excluding carboxylic acids is 1. The van der Waals surface area contributed by atoms with Crippen molar-refractivity contribution in [2.45, 2.75) is 19.8 Å². The molecule has 5 N–H and O–H groups in total. The second-order valence-electron chi connectivity index (χ2n) is 6.68. The minimum absolute atomic E-state index is 0.0547. The van der Waals surface area contributed by atoms with Crippen LogP contribution in [0.2, 0.25) is 0 Å². The molecule has 0 bridgehead atoms. The van der Waals surface area contributed by atoms with Gasteiger partial charge in [-0.1, -0.05) is 6.92 Å². The molecule has 0 fully saturated rings. The summed E-state index contributed by atoms with van der Waals surface area (Å²) in [5.74, 6) is -2.69. The molecule has 15 heteroatoms. The van der Waals surface area contributed by atoms with Gasteiger partial charge in [0, 0.05) is 13.0 Å². The number of aliphatic hydroxyl groups is 1. The molecule has 0 saturated heterocycles. The molecule has 0 radical (unpaired) electrons. The average molecular weight is 485 g/mol. The maximum Gasteiger partial charge on any atom is 0.325 e. The molecule has 0 unspecified atom stereocenters. The molecular weight excluding hydrogens is 464 g/mol. The van der Waals surface area contributed by atoms with Crippen LogP contribution >= 0.6 is 0 Å². The Balaban J connectivity index is 1.82. The molecule has 0 aliphatic rings. The molecule has 0 aliphatic carbocycles. The fraction of sp³-hybridized carbons (Fsp3) is 0.333. The lowest BCUT2D eigenvalue weighted by Crippen LogP contribution is -2.23. The van der Waals surface area contributed by atoms with E-state index in [1.807, 2.05) is 10.0 Å². The molecule has 2 aromatic heterocycles. The van der Waals surface area contributed by atoms with Crippen LogP contribution in [-0.4, -0.2) is 58.7 Å². The average Bonchev–Trinajstić information content (AvgIpc) is 3.17. The Labute approximate surface area is 186 Å². The maximum atomic E-state index is 14.8. The van der Waals surface area contributed by atoms with Crippen LogP contribution in [0.3, 0.4) is 0 Å². The summed E-state index contributed by atoms with van der Waals surface area (Å²) < 4.78 is 60.2. The number of nitrogens with zero attached hydrogens (tertiary/aromatic N) is 3. The van der Waals surface area contributed by atoms with Gasteiger partial charge in [0.15, 0.2) is 17.3 Å². The van der Waals surface area contributed by atoms with Crippen molar-refractivity contribution in [1.82, 2.24) is 20.2 Å². The number of H-pyrrole nitrogens is 1. The van der Waals surface area contributed by atoms with Gasteiger partial charge >= 0.3 is 6.03 Å². The van der Waals surface area contributed by atoms with E-state index in [9.17, 15) is 22.0 Å². The molecule has 0 atom stereocenters. The fourth-order valence-electron chi connectivity index (χ4n) is 2.75. The molecule has 2 amide bonds. The van der Waals surface area contributed by atoms with Crippen LogP contribution in [-0.2, 0) is 10.0 Å². The first-order valence-electron chi connectivity index (χ1n) is 9.75. The van der Waals surface area contributed by atoms with E-state index in [1.165, 1.54) is 0 Å². The van der Waals surface area contributed by atoms with Gasteiger partial charge in [-0.3, -0.25) is 15.1 Å². The summed E-state index contributed by atoms with van der Waals surface area (Å²) in [4.78, 5) is 20.3. The van der Waals surface area contributed by atoms with E-state index in [2.05, 4.69) is 25.5 Å². The lowest BCUT2D eigenvalue weighted by Gasteiger charge is -2.13. The quantitative estimate of drug-likeness (QED) is 0.272. The summed E-state index contributed by atoms with van der Waals surface area (Å²) in [6.07, 6.45) is 1.75. The third-order valence-corrected chi connectivity index (χ3v) is 5.64. The minimum Gasteiger partial charge on any atom is -0.476 e. The number of ether oxygens (including phenoxy) is 1. The molecule has 3 aromatic rings. The molecule has 3 rings (SSSR count). The zero-order valence-corrected chi connectivity index (χ0v) is 18.2.